The first kappa shape index (κ1) is 20.5. The van der Waals surface area contributed by atoms with Crippen LogP contribution in [0.25, 0.3) is 10.8 Å². The molecule has 1 saturated heterocycles. The van der Waals surface area contributed by atoms with Gasteiger partial charge in [0.1, 0.15) is 11.6 Å². The number of hydrogen-bond donors (Lipinski definition) is 0. The van der Waals surface area contributed by atoms with Crippen LogP contribution in [0, 0.1) is 5.82 Å². The van der Waals surface area contributed by atoms with Crippen LogP contribution < -0.4 is 10.6 Å². The second kappa shape index (κ2) is 7.35. The van der Waals surface area contributed by atoms with Gasteiger partial charge in [0.25, 0.3) is 11.8 Å². The predicted molar refractivity (Wildman–Crippen MR) is 110 cm³/mol. The Kier molecular flexibility index (Phi) is 4.72. The summed E-state index contributed by atoms with van der Waals surface area (Å²) in [7, 11) is 1.59. The van der Waals surface area contributed by atoms with Gasteiger partial charge in [-0.2, -0.15) is 5.10 Å². The van der Waals surface area contributed by atoms with E-state index in [0.717, 1.165) is 6.20 Å². The highest BCUT2D eigenvalue weighted by molar-refractivity contribution is 6.01. The molecule has 0 aliphatic carbocycles. The second-order valence-electron chi connectivity index (χ2n) is 8.23. The monoisotopic (exact) mass is 446 g/mol. The van der Waals surface area contributed by atoms with Gasteiger partial charge in [-0.3, -0.25) is 9.36 Å². The van der Waals surface area contributed by atoms with Crippen LogP contribution in [0.1, 0.15) is 29.0 Å². The number of anilines is 1. The maximum absolute atomic E-state index is 14.6. The Morgan fingerprint density at radius 2 is 1.84 bits per heavy atom. The second-order valence-corrected chi connectivity index (χ2v) is 8.23. The molecule has 168 valence electrons. The molecule has 1 fully saturated rings. The van der Waals surface area contributed by atoms with Crippen LogP contribution in [0.2, 0.25) is 0 Å². The van der Waals surface area contributed by atoms with E-state index in [1.165, 1.54) is 15.6 Å². The van der Waals surface area contributed by atoms with Crippen molar-refractivity contribution >= 4 is 22.5 Å². The number of benzene rings is 1. The number of hydrogen-bond acceptors (Lipinski definition) is 5. The molecular weight excluding hydrogens is 425 g/mol. The van der Waals surface area contributed by atoms with Gasteiger partial charge >= 0.3 is 5.69 Å². The van der Waals surface area contributed by atoms with Crippen molar-refractivity contribution in [3.8, 4) is 0 Å². The quantitative estimate of drug-likeness (QED) is 0.603. The van der Waals surface area contributed by atoms with E-state index in [9.17, 15) is 22.8 Å². The molecule has 0 bridgehead atoms. The molecular formula is C21H21F3N6O2. The first-order valence-electron chi connectivity index (χ1n) is 10.4. The zero-order chi connectivity index (χ0) is 22.6. The number of likely N-dealkylation sites (tertiary alicyclic amines) is 1. The van der Waals surface area contributed by atoms with Crippen molar-refractivity contribution in [2.75, 3.05) is 24.5 Å². The van der Waals surface area contributed by atoms with E-state index in [2.05, 4.69) is 10.1 Å². The van der Waals surface area contributed by atoms with Gasteiger partial charge in [0.05, 0.1) is 12.7 Å². The molecule has 3 aromatic rings. The van der Waals surface area contributed by atoms with Gasteiger partial charge in [0, 0.05) is 62.4 Å². The summed E-state index contributed by atoms with van der Waals surface area (Å²) in [6.07, 6.45) is 0.359. The van der Waals surface area contributed by atoms with Crippen molar-refractivity contribution in [2.24, 2.45) is 7.05 Å². The number of carbonyl (C=O) groups excluding carboxylic acids is 1. The Bertz CT molecular complexity index is 1270. The molecule has 0 saturated carbocycles. The van der Waals surface area contributed by atoms with Crippen LogP contribution in [0.3, 0.4) is 0 Å². The third-order valence-electron chi connectivity index (χ3n) is 6.16. The van der Waals surface area contributed by atoms with Crippen LogP contribution in [0.5, 0.6) is 0 Å². The number of carbonyl (C=O) groups is 1. The Morgan fingerprint density at radius 3 is 2.59 bits per heavy atom. The molecule has 4 heterocycles. The van der Waals surface area contributed by atoms with E-state index in [0.29, 0.717) is 36.7 Å². The fourth-order valence-electron chi connectivity index (χ4n) is 4.35. The third kappa shape index (κ3) is 3.41. The SMILES string of the molecule is Cn1nc2n(c1=O)CCN(c1ncc(F)c3cc(C(=O)N4CCC(F)(F)CC4)ccc13)C2. The molecule has 2 aliphatic rings. The molecule has 8 nitrogen and oxygen atoms in total. The summed E-state index contributed by atoms with van der Waals surface area (Å²) in [5, 5.41) is 5.00. The average molecular weight is 446 g/mol. The molecule has 0 atom stereocenters. The van der Waals surface area contributed by atoms with Crippen molar-refractivity contribution in [3.05, 3.63) is 52.1 Å². The summed E-state index contributed by atoms with van der Waals surface area (Å²) < 4.78 is 44.4. The van der Waals surface area contributed by atoms with Gasteiger partial charge in [-0.15, -0.1) is 0 Å². The first-order chi connectivity index (χ1) is 15.2. The zero-order valence-corrected chi connectivity index (χ0v) is 17.4. The highest BCUT2D eigenvalue weighted by Crippen LogP contribution is 2.31. The molecule has 0 N–H and O–H groups in total. The zero-order valence-electron chi connectivity index (χ0n) is 17.4. The highest BCUT2D eigenvalue weighted by atomic mass is 19.3. The number of rotatable bonds is 2. The van der Waals surface area contributed by atoms with Crippen molar-refractivity contribution in [2.45, 2.75) is 31.9 Å². The number of aryl methyl sites for hydroxylation is 1. The smallest absolute Gasteiger partial charge is 0.345 e. The lowest BCUT2D eigenvalue weighted by atomic mass is 10.0. The number of fused-ring (bicyclic) bond motifs is 2. The van der Waals surface area contributed by atoms with E-state index in [1.807, 2.05) is 4.90 Å². The maximum atomic E-state index is 14.6. The lowest BCUT2D eigenvalue weighted by Gasteiger charge is -2.32. The van der Waals surface area contributed by atoms with Crippen LogP contribution in [-0.4, -0.2) is 55.7 Å². The summed E-state index contributed by atoms with van der Waals surface area (Å²) in [4.78, 5) is 32.5. The Balaban J connectivity index is 1.46. The summed E-state index contributed by atoms with van der Waals surface area (Å²) >= 11 is 0. The molecule has 2 aromatic heterocycles. The first-order valence-corrected chi connectivity index (χ1v) is 10.4. The lowest BCUT2D eigenvalue weighted by molar-refractivity contribution is -0.0494. The Hall–Kier alpha value is -3.37. The summed E-state index contributed by atoms with van der Waals surface area (Å²) in [5.41, 5.74) is 0.0613. The molecule has 0 radical (unpaired) electrons. The number of amides is 1. The minimum atomic E-state index is -2.75. The van der Waals surface area contributed by atoms with Crippen LogP contribution in [0.15, 0.2) is 29.2 Å². The molecule has 1 aromatic carbocycles. The summed E-state index contributed by atoms with van der Waals surface area (Å²) in [6.45, 7) is 1.20. The standard InChI is InChI=1S/C21H21F3N6O2/c1-27-20(32)30-9-8-29(12-17(30)26-27)18-14-3-2-13(10-15(14)16(22)11-25-18)19(31)28-6-4-21(23,24)5-7-28/h2-3,10-11H,4-9,12H2,1H3. The van der Waals surface area contributed by atoms with Gasteiger partial charge in [0.15, 0.2) is 5.82 Å². The summed E-state index contributed by atoms with van der Waals surface area (Å²) in [5.74, 6) is -2.59. The van der Waals surface area contributed by atoms with Crippen molar-refractivity contribution in [3.63, 3.8) is 0 Å². The Morgan fingerprint density at radius 1 is 1.09 bits per heavy atom. The Labute approximate surface area is 180 Å². The average Bonchev–Trinajstić information content (AvgIpc) is 3.06. The maximum Gasteiger partial charge on any atom is 0.345 e. The number of aromatic nitrogens is 4. The van der Waals surface area contributed by atoms with Gasteiger partial charge in [0.2, 0.25) is 0 Å². The number of nitrogens with zero attached hydrogens (tertiary/aromatic N) is 6. The molecule has 32 heavy (non-hydrogen) atoms. The van der Waals surface area contributed by atoms with Crippen LogP contribution in [-0.2, 0) is 20.1 Å². The third-order valence-corrected chi connectivity index (χ3v) is 6.16. The molecule has 0 spiro atoms. The molecule has 5 rings (SSSR count). The van der Waals surface area contributed by atoms with E-state index in [1.54, 1.807) is 23.7 Å². The number of halogens is 3. The molecule has 1 amide bonds. The highest BCUT2D eigenvalue weighted by Gasteiger charge is 2.36. The fraction of sp³-hybridized carbons (Fsp3) is 0.429. The van der Waals surface area contributed by atoms with Gasteiger partial charge in [-0.1, -0.05) is 0 Å². The van der Waals surface area contributed by atoms with Crippen LogP contribution >= 0.6 is 0 Å². The topological polar surface area (TPSA) is 76.3 Å². The molecule has 11 heteroatoms. The van der Waals surface area contributed by atoms with Crippen molar-refractivity contribution in [1.29, 1.82) is 0 Å². The van der Waals surface area contributed by atoms with Gasteiger partial charge < -0.3 is 9.80 Å². The normalized spacial score (nSPS) is 18.1. The predicted octanol–water partition coefficient (Wildman–Crippen LogP) is 2.16. The number of pyridine rings is 1. The van der Waals surface area contributed by atoms with Crippen molar-refractivity contribution < 1.29 is 18.0 Å². The number of piperidine rings is 1. The molecule has 2 aliphatic heterocycles. The lowest BCUT2D eigenvalue weighted by Crippen LogP contribution is -2.42. The molecule has 0 unspecified atom stereocenters. The van der Waals surface area contributed by atoms with E-state index in [4.69, 9.17) is 0 Å². The summed E-state index contributed by atoms with van der Waals surface area (Å²) in [6, 6.07) is 4.65. The minimum Gasteiger partial charge on any atom is -0.347 e. The van der Waals surface area contributed by atoms with Crippen LogP contribution in [0.4, 0.5) is 19.0 Å². The van der Waals surface area contributed by atoms with Gasteiger partial charge in [-0.25, -0.2) is 27.6 Å². The van der Waals surface area contributed by atoms with E-state index in [-0.39, 0.29) is 42.6 Å². The fourth-order valence-corrected chi connectivity index (χ4v) is 4.35. The van der Waals surface area contributed by atoms with Crippen molar-refractivity contribution in [1.82, 2.24) is 24.2 Å². The van der Waals surface area contributed by atoms with E-state index < -0.39 is 17.6 Å². The minimum absolute atomic E-state index is 0.0342. The van der Waals surface area contributed by atoms with Gasteiger partial charge in [-0.05, 0) is 18.2 Å². The largest absolute Gasteiger partial charge is 0.347 e. The van der Waals surface area contributed by atoms with E-state index >= 15 is 0 Å². The number of alkyl halides is 2.